The summed E-state index contributed by atoms with van der Waals surface area (Å²) in [6.07, 6.45) is 0. The van der Waals surface area contributed by atoms with E-state index in [1.807, 2.05) is 55.5 Å². The molecule has 5 heteroatoms. The number of aryl methyl sites for hydroxylation is 1. The quantitative estimate of drug-likeness (QED) is 0.486. The molecule has 3 aromatic carbocycles. The minimum atomic E-state index is -3.79. The molecule has 0 amide bonds. The van der Waals surface area contributed by atoms with Gasteiger partial charge in [0.05, 0.1) is 16.3 Å². The summed E-state index contributed by atoms with van der Waals surface area (Å²) in [5, 5.41) is 0. The number of hydrogen-bond donors (Lipinski definition) is 0. The molecule has 0 spiro atoms. The van der Waals surface area contributed by atoms with Crippen molar-refractivity contribution in [2.24, 2.45) is 4.99 Å². The van der Waals surface area contributed by atoms with Crippen LogP contribution in [-0.2, 0) is 10.0 Å². The van der Waals surface area contributed by atoms with Crippen LogP contribution in [0.5, 0.6) is 0 Å². The molecule has 3 aromatic rings. The second-order valence-corrected chi connectivity index (χ2v) is 7.70. The van der Waals surface area contributed by atoms with Crippen molar-refractivity contribution in [3.8, 4) is 0 Å². The van der Waals surface area contributed by atoms with E-state index in [1.54, 1.807) is 43.3 Å². The fraction of sp³-hybridized carbons (Fsp3) is 0.0952. The Morgan fingerprint density at radius 3 is 1.92 bits per heavy atom. The van der Waals surface area contributed by atoms with Crippen LogP contribution < -0.4 is 4.31 Å². The first-order valence-electron chi connectivity index (χ1n) is 8.26. The third kappa shape index (κ3) is 3.83. The van der Waals surface area contributed by atoms with Crippen LogP contribution in [0.1, 0.15) is 12.5 Å². The number of sulfonamides is 1. The van der Waals surface area contributed by atoms with Gasteiger partial charge in [0.15, 0.2) is 0 Å². The summed E-state index contributed by atoms with van der Waals surface area (Å²) < 4.78 is 27.9. The smallest absolute Gasteiger partial charge is 0.235 e. The molecule has 0 saturated heterocycles. The first kappa shape index (κ1) is 17.9. The molecule has 0 aliphatic rings. The van der Waals surface area contributed by atoms with Gasteiger partial charge in [-0.3, -0.25) is 0 Å². The molecule has 0 heterocycles. The first-order valence-corrected chi connectivity index (χ1v) is 9.70. The molecule has 4 nitrogen and oxygen atoms in total. The number of anilines is 1. The Morgan fingerprint density at radius 2 is 1.35 bits per heavy atom. The van der Waals surface area contributed by atoms with Crippen LogP contribution in [0.2, 0.25) is 0 Å². The monoisotopic (exact) mass is 364 g/mol. The number of amidine groups is 1. The molecule has 0 aliphatic carbocycles. The zero-order valence-electron chi connectivity index (χ0n) is 14.7. The van der Waals surface area contributed by atoms with E-state index in [1.165, 1.54) is 4.31 Å². The highest BCUT2D eigenvalue weighted by Gasteiger charge is 2.27. The third-order valence-electron chi connectivity index (χ3n) is 3.89. The van der Waals surface area contributed by atoms with Crippen LogP contribution in [0.15, 0.2) is 94.8 Å². The lowest BCUT2D eigenvalue weighted by atomic mass is 10.2. The molecular weight excluding hydrogens is 344 g/mol. The lowest BCUT2D eigenvalue weighted by Crippen LogP contribution is -2.35. The predicted molar refractivity (Wildman–Crippen MR) is 106 cm³/mol. The van der Waals surface area contributed by atoms with Crippen molar-refractivity contribution in [3.05, 3.63) is 90.5 Å². The normalized spacial score (nSPS) is 12.0. The zero-order valence-corrected chi connectivity index (χ0v) is 15.5. The van der Waals surface area contributed by atoms with E-state index in [0.29, 0.717) is 17.2 Å². The number of rotatable bonds is 4. The van der Waals surface area contributed by atoms with Gasteiger partial charge in [0.1, 0.15) is 5.84 Å². The summed E-state index contributed by atoms with van der Waals surface area (Å²) >= 11 is 0. The SMILES string of the molecule is CC(=Nc1ccccc1)N(c1ccccc1)S(=O)(=O)c1ccc(C)cc1. The van der Waals surface area contributed by atoms with Crippen LogP contribution >= 0.6 is 0 Å². The topological polar surface area (TPSA) is 49.7 Å². The molecule has 0 N–H and O–H groups in total. The molecule has 0 bridgehead atoms. The molecule has 0 saturated carbocycles. The van der Waals surface area contributed by atoms with Crippen LogP contribution in [0.25, 0.3) is 0 Å². The van der Waals surface area contributed by atoms with Crippen molar-refractivity contribution >= 4 is 27.2 Å². The second-order valence-electron chi connectivity index (χ2n) is 5.91. The van der Waals surface area contributed by atoms with Gasteiger partial charge < -0.3 is 0 Å². The number of hydrogen-bond acceptors (Lipinski definition) is 3. The number of nitrogens with zero attached hydrogens (tertiary/aromatic N) is 2. The van der Waals surface area contributed by atoms with Crippen molar-refractivity contribution < 1.29 is 8.42 Å². The summed E-state index contributed by atoms with van der Waals surface area (Å²) in [5.74, 6) is 0.378. The lowest BCUT2D eigenvalue weighted by Gasteiger charge is -2.24. The average Bonchev–Trinajstić information content (AvgIpc) is 2.64. The number of para-hydroxylation sites is 2. The van der Waals surface area contributed by atoms with Crippen molar-refractivity contribution in [2.75, 3.05) is 4.31 Å². The Hall–Kier alpha value is -2.92. The first-order chi connectivity index (χ1) is 12.5. The highest BCUT2D eigenvalue weighted by molar-refractivity contribution is 7.93. The Kier molecular flexibility index (Phi) is 5.19. The minimum Gasteiger partial charge on any atom is -0.235 e. The number of benzene rings is 3. The molecule has 26 heavy (non-hydrogen) atoms. The average molecular weight is 364 g/mol. The van der Waals surface area contributed by atoms with E-state index in [0.717, 1.165) is 5.56 Å². The van der Waals surface area contributed by atoms with E-state index in [-0.39, 0.29) is 4.90 Å². The van der Waals surface area contributed by atoms with Crippen LogP contribution in [0.3, 0.4) is 0 Å². The molecule has 0 atom stereocenters. The molecule has 0 aliphatic heterocycles. The van der Waals surface area contributed by atoms with Gasteiger partial charge in [-0.1, -0.05) is 54.1 Å². The Morgan fingerprint density at radius 1 is 0.808 bits per heavy atom. The van der Waals surface area contributed by atoms with Gasteiger partial charge in [0, 0.05) is 0 Å². The summed E-state index contributed by atoms with van der Waals surface area (Å²) in [6.45, 7) is 3.62. The van der Waals surface area contributed by atoms with E-state index in [4.69, 9.17) is 0 Å². The molecule has 0 fully saturated rings. The van der Waals surface area contributed by atoms with Crippen LogP contribution in [0, 0.1) is 6.92 Å². The maximum absolute atomic E-state index is 13.3. The van der Waals surface area contributed by atoms with Crippen LogP contribution in [0.4, 0.5) is 11.4 Å². The predicted octanol–water partition coefficient (Wildman–Crippen LogP) is 4.94. The summed E-state index contributed by atoms with van der Waals surface area (Å²) in [7, 11) is -3.79. The highest BCUT2D eigenvalue weighted by atomic mass is 32.2. The molecular formula is C21H20N2O2S. The maximum Gasteiger partial charge on any atom is 0.269 e. The van der Waals surface area contributed by atoms with Crippen molar-refractivity contribution in [1.29, 1.82) is 0 Å². The molecule has 0 unspecified atom stereocenters. The minimum absolute atomic E-state index is 0.231. The van der Waals surface area contributed by atoms with Gasteiger partial charge in [0.2, 0.25) is 0 Å². The van der Waals surface area contributed by atoms with E-state index < -0.39 is 10.0 Å². The Bertz CT molecular complexity index is 997. The Labute approximate surface area is 154 Å². The maximum atomic E-state index is 13.3. The lowest BCUT2D eigenvalue weighted by molar-refractivity contribution is 0.597. The van der Waals surface area contributed by atoms with Crippen molar-refractivity contribution in [2.45, 2.75) is 18.7 Å². The molecule has 132 valence electrons. The zero-order chi connectivity index (χ0) is 18.6. The summed E-state index contributed by atoms with van der Waals surface area (Å²) in [4.78, 5) is 4.74. The fourth-order valence-electron chi connectivity index (χ4n) is 2.61. The third-order valence-corrected chi connectivity index (χ3v) is 5.71. The summed E-state index contributed by atoms with van der Waals surface area (Å²) in [5.41, 5.74) is 2.25. The van der Waals surface area contributed by atoms with Crippen molar-refractivity contribution in [3.63, 3.8) is 0 Å². The van der Waals surface area contributed by atoms with Crippen molar-refractivity contribution in [1.82, 2.24) is 0 Å². The van der Waals surface area contributed by atoms with E-state index in [2.05, 4.69) is 4.99 Å². The van der Waals surface area contributed by atoms with Crippen LogP contribution in [-0.4, -0.2) is 14.3 Å². The van der Waals surface area contributed by atoms with Gasteiger partial charge in [0.25, 0.3) is 10.0 Å². The highest BCUT2D eigenvalue weighted by Crippen LogP contribution is 2.25. The number of aliphatic imine (C=N–C) groups is 1. The van der Waals surface area contributed by atoms with Gasteiger partial charge in [-0.15, -0.1) is 0 Å². The fourth-order valence-corrected chi connectivity index (χ4v) is 4.09. The molecule has 3 rings (SSSR count). The van der Waals surface area contributed by atoms with Gasteiger partial charge in [-0.25, -0.2) is 17.7 Å². The standard InChI is InChI=1S/C21H20N2O2S/c1-17-13-15-21(16-14-17)26(24,25)23(20-11-7-4-8-12-20)18(2)22-19-9-5-3-6-10-19/h3-16H,1-2H3. The van der Waals surface area contributed by atoms with Gasteiger partial charge >= 0.3 is 0 Å². The van der Waals surface area contributed by atoms with Gasteiger partial charge in [-0.05, 0) is 50.2 Å². The van der Waals surface area contributed by atoms with E-state index >= 15 is 0 Å². The van der Waals surface area contributed by atoms with Gasteiger partial charge in [-0.2, -0.15) is 0 Å². The molecule has 0 radical (unpaired) electrons. The molecule has 0 aromatic heterocycles. The largest absolute Gasteiger partial charge is 0.269 e. The Balaban J connectivity index is 2.13. The summed E-state index contributed by atoms with van der Waals surface area (Å²) in [6, 6.07) is 25.1. The van der Waals surface area contributed by atoms with E-state index in [9.17, 15) is 8.42 Å². The second kappa shape index (κ2) is 7.54.